The van der Waals surface area contributed by atoms with Crippen molar-refractivity contribution < 1.29 is 14.4 Å². The van der Waals surface area contributed by atoms with E-state index in [1.165, 1.54) is 4.90 Å². The van der Waals surface area contributed by atoms with Gasteiger partial charge in [-0.2, -0.15) is 0 Å². The lowest BCUT2D eigenvalue weighted by Gasteiger charge is -2.20. The molecular weight excluding hydrogens is 354 g/mol. The standard InChI is InChI=1S/C22H25N3O3/c1-3-16-8-4-5-11-19(16)23-20(26)15-24(2)22(28)17-9-6-10-18(14-17)25-13-7-12-21(25)27/h4-6,8-11,14H,3,7,12-13,15H2,1-2H3,(H,23,26). The summed E-state index contributed by atoms with van der Waals surface area (Å²) in [5.74, 6) is -0.429. The first-order valence-corrected chi connectivity index (χ1v) is 9.53. The van der Waals surface area contributed by atoms with Gasteiger partial charge in [-0.05, 0) is 42.7 Å². The van der Waals surface area contributed by atoms with E-state index in [0.717, 1.165) is 29.8 Å². The van der Waals surface area contributed by atoms with E-state index in [-0.39, 0.29) is 24.3 Å². The van der Waals surface area contributed by atoms with Gasteiger partial charge in [0.25, 0.3) is 5.91 Å². The maximum absolute atomic E-state index is 12.7. The Bertz CT molecular complexity index is 894. The van der Waals surface area contributed by atoms with Crippen LogP contribution in [0.1, 0.15) is 35.7 Å². The van der Waals surface area contributed by atoms with Gasteiger partial charge in [-0.15, -0.1) is 0 Å². The van der Waals surface area contributed by atoms with Crippen LogP contribution in [0.15, 0.2) is 48.5 Å². The number of nitrogens with one attached hydrogen (secondary N) is 1. The molecule has 0 atom stereocenters. The van der Waals surface area contributed by atoms with Crippen LogP contribution in [0.5, 0.6) is 0 Å². The molecule has 1 fully saturated rings. The van der Waals surface area contributed by atoms with E-state index in [2.05, 4.69) is 5.32 Å². The highest BCUT2D eigenvalue weighted by molar-refractivity contribution is 6.01. The summed E-state index contributed by atoms with van der Waals surface area (Å²) >= 11 is 0. The lowest BCUT2D eigenvalue weighted by atomic mass is 10.1. The minimum atomic E-state index is -0.257. The first-order chi connectivity index (χ1) is 13.5. The molecule has 28 heavy (non-hydrogen) atoms. The van der Waals surface area contributed by atoms with Crippen LogP contribution in [0.25, 0.3) is 0 Å². The number of hydrogen-bond donors (Lipinski definition) is 1. The van der Waals surface area contributed by atoms with Crippen LogP contribution >= 0.6 is 0 Å². The fourth-order valence-electron chi connectivity index (χ4n) is 3.38. The molecular formula is C22H25N3O3. The molecule has 3 amide bonds. The van der Waals surface area contributed by atoms with E-state index < -0.39 is 0 Å². The second-order valence-corrected chi connectivity index (χ2v) is 6.92. The molecule has 1 aliphatic heterocycles. The van der Waals surface area contributed by atoms with Crippen LogP contribution in [0, 0.1) is 0 Å². The zero-order valence-corrected chi connectivity index (χ0v) is 16.3. The van der Waals surface area contributed by atoms with Crippen molar-refractivity contribution in [2.45, 2.75) is 26.2 Å². The van der Waals surface area contributed by atoms with E-state index in [1.54, 1.807) is 30.1 Å². The van der Waals surface area contributed by atoms with E-state index in [4.69, 9.17) is 0 Å². The number of rotatable bonds is 6. The fraction of sp³-hybridized carbons (Fsp3) is 0.318. The van der Waals surface area contributed by atoms with Crippen LogP contribution < -0.4 is 10.2 Å². The smallest absolute Gasteiger partial charge is 0.254 e. The van der Waals surface area contributed by atoms with Crippen molar-refractivity contribution >= 4 is 29.1 Å². The number of para-hydroxylation sites is 1. The first-order valence-electron chi connectivity index (χ1n) is 9.53. The van der Waals surface area contributed by atoms with E-state index in [1.807, 2.05) is 37.3 Å². The third-order valence-corrected chi connectivity index (χ3v) is 4.88. The highest BCUT2D eigenvalue weighted by Crippen LogP contribution is 2.23. The zero-order chi connectivity index (χ0) is 20.1. The number of benzene rings is 2. The van der Waals surface area contributed by atoms with Crippen molar-refractivity contribution in [3.05, 3.63) is 59.7 Å². The molecule has 6 nitrogen and oxygen atoms in total. The summed E-state index contributed by atoms with van der Waals surface area (Å²) in [4.78, 5) is 40.2. The first kappa shape index (κ1) is 19.6. The van der Waals surface area contributed by atoms with Gasteiger partial charge in [0, 0.05) is 37.0 Å². The topological polar surface area (TPSA) is 69.7 Å². The van der Waals surface area contributed by atoms with Crippen LogP contribution in [0.4, 0.5) is 11.4 Å². The highest BCUT2D eigenvalue weighted by Gasteiger charge is 2.23. The molecule has 3 rings (SSSR count). The average molecular weight is 379 g/mol. The van der Waals surface area contributed by atoms with Gasteiger partial charge < -0.3 is 15.1 Å². The normalized spacial score (nSPS) is 13.5. The predicted molar refractivity (Wildman–Crippen MR) is 109 cm³/mol. The summed E-state index contributed by atoms with van der Waals surface area (Å²) in [6.45, 7) is 2.65. The molecule has 0 unspecified atom stereocenters. The van der Waals surface area contributed by atoms with Crippen molar-refractivity contribution in [1.29, 1.82) is 0 Å². The highest BCUT2D eigenvalue weighted by atomic mass is 16.2. The van der Waals surface area contributed by atoms with Crippen LogP contribution in [0.3, 0.4) is 0 Å². The Balaban J connectivity index is 1.66. The van der Waals surface area contributed by atoms with E-state index >= 15 is 0 Å². The Morgan fingerprint density at radius 1 is 1.14 bits per heavy atom. The molecule has 0 aliphatic carbocycles. The summed E-state index contributed by atoms with van der Waals surface area (Å²) in [6.07, 6.45) is 2.18. The number of anilines is 2. The van der Waals surface area contributed by atoms with E-state index in [9.17, 15) is 14.4 Å². The zero-order valence-electron chi connectivity index (χ0n) is 16.3. The number of hydrogen-bond acceptors (Lipinski definition) is 3. The lowest BCUT2D eigenvalue weighted by Crippen LogP contribution is -2.35. The third kappa shape index (κ3) is 4.39. The van der Waals surface area contributed by atoms with Gasteiger partial charge in [0.1, 0.15) is 0 Å². The van der Waals surface area contributed by atoms with Gasteiger partial charge in [0.15, 0.2) is 0 Å². The Labute approximate surface area is 165 Å². The van der Waals surface area contributed by atoms with Gasteiger partial charge in [-0.25, -0.2) is 0 Å². The predicted octanol–water partition coefficient (Wildman–Crippen LogP) is 3.09. The number of nitrogens with zero attached hydrogens (tertiary/aromatic N) is 2. The molecule has 0 bridgehead atoms. The summed E-state index contributed by atoms with van der Waals surface area (Å²) < 4.78 is 0. The van der Waals surface area contributed by atoms with Gasteiger partial charge in [-0.1, -0.05) is 31.2 Å². The summed E-state index contributed by atoms with van der Waals surface area (Å²) in [7, 11) is 1.60. The Hall–Kier alpha value is -3.15. The molecule has 0 spiro atoms. The number of likely N-dealkylation sites (N-methyl/N-ethyl adjacent to an activating group) is 1. The Kier molecular flexibility index (Phi) is 6.09. The van der Waals surface area contributed by atoms with Gasteiger partial charge in [0.05, 0.1) is 6.54 Å². The van der Waals surface area contributed by atoms with Crippen LogP contribution in [-0.4, -0.2) is 42.8 Å². The Morgan fingerprint density at radius 3 is 2.64 bits per heavy atom. The Morgan fingerprint density at radius 2 is 1.93 bits per heavy atom. The minimum absolute atomic E-state index is 0.0518. The summed E-state index contributed by atoms with van der Waals surface area (Å²) in [5, 5.41) is 2.87. The third-order valence-electron chi connectivity index (χ3n) is 4.88. The van der Waals surface area contributed by atoms with Crippen molar-refractivity contribution in [1.82, 2.24) is 4.90 Å². The molecule has 0 saturated carbocycles. The summed E-state index contributed by atoms with van der Waals surface area (Å²) in [5.41, 5.74) is 3.00. The molecule has 1 aliphatic rings. The van der Waals surface area contributed by atoms with Crippen molar-refractivity contribution in [3.63, 3.8) is 0 Å². The molecule has 6 heteroatoms. The van der Waals surface area contributed by atoms with Gasteiger partial charge >= 0.3 is 0 Å². The monoisotopic (exact) mass is 379 g/mol. The molecule has 0 aromatic heterocycles. The van der Waals surface area contributed by atoms with Crippen molar-refractivity contribution in [2.24, 2.45) is 0 Å². The van der Waals surface area contributed by atoms with Crippen LogP contribution in [-0.2, 0) is 16.0 Å². The van der Waals surface area contributed by atoms with E-state index in [0.29, 0.717) is 18.5 Å². The average Bonchev–Trinajstić information content (AvgIpc) is 3.13. The number of amides is 3. The molecule has 2 aromatic carbocycles. The second kappa shape index (κ2) is 8.69. The maximum atomic E-state index is 12.7. The molecule has 1 N–H and O–H groups in total. The van der Waals surface area contributed by atoms with Crippen molar-refractivity contribution in [3.8, 4) is 0 Å². The molecule has 1 heterocycles. The van der Waals surface area contributed by atoms with Crippen molar-refractivity contribution in [2.75, 3.05) is 30.4 Å². The lowest BCUT2D eigenvalue weighted by molar-refractivity contribution is -0.117. The van der Waals surface area contributed by atoms with Gasteiger partial charge in [0.2, 0.25) is 11.8 Å². The number of aryl methyl sites for hydroxylation is 1. The van der Waals surface area contributed by atoms with Crippen LogP contribution in [0.2, 0.25) is 0 Å². The largest absolute Gasteiger partial charge is 0.332 e. The molecule has 146 valence electrons. The fourth-order valence-corrected chi connectivity index (χ4v) is 3.38. The molecule has 1 saturated heterocycles. The summed E-state index contributed by atoms with van der Waals surface area (Å²) in [6, 6.07) is 14.6. The molecule has 0 radical (unpaired) electrons. The maximum Gasteiger partial charge on any atom is 0.254 e. The number of carbonyl (C=O) groups excluding carboxylic acids is 3. The SMILES string of the molecule is CCc1ccccc1NC(=O)CN(C)C(=O)c1cccc(N2CCCC2=O)c1. The quantitative estimate of drug-likeness (QED) is 0.839. The second-order valence-electron chi connectivity index (χ2n) is 6.92. The molecule has 2 aromatic rings. The minimum Gasteiger partial charge on any atom is -0.332 e. The van der Waals surface area contributed by atoms with Gasteiger partial charge in [-0.3, -0.25) is 14.4 Å². The number of carbonyl (C=O) groups is 3.